The average molecular weight is 1170 g/mol. The molecule has 0 radical (unpaired) electrons. The molecular formula is C58H106N2O21. The molecule has 23 nitrogen and oxygen atoms in total. The Hall–Kier alpha value is -2.53. The first-order chi connectivity index (χ1) is 38.9. The van der Waals surface area contributed by atoms with Crippen LogP contribution in [0.25, 0.3) is 0 Å². The van der Waals surface area contributed by atoms with Gasteiger partial charge in [0.05, 0.1) is 50.7 Å². The van der Waals surface area contributed by atoms with Crippen molar-refractivity contribution in [3.05, 3.63) is 12.2 Å². The Morgan fingerprint density at radius 2 is 1.15 bits per heavy atom. The summed E-state index contributed by atoms with van der Waals surface area (Å²) in [5.74, 6) is -6.14. The number of allylic oxidation sites excluding steroid dienone is 1. The first-order valence-electron chi connectivity index (χ1n) is 30.6. The average Bonchev–Trinajstić information content (AvgIpc) is 3.64. The van der Waals surface area contributed by atoms with Crippen molar-refractivity contribution in [1.29, 1.82) is 0 Å². The lowest BCUT2D eigenvalue weighted by Gasteiger charge is -2.50. The molecule has 18 atom stereocenters. The fourth-order valence-electron chi connectivity index (χ4n) is 10.8. The molecule has 3 aliphatic heterocycles. The summed E-state index contributed by atoms with van der Waals surface area (Å²) in [5, 5.41) is 135. The maximum Gasteiger partial charge on any atom is 0.364 e. The highest BCUT2D eigenvalue weighted by Crippen LogP contribution is 2.38. The van der Waals surface area contributed by atoms with E-state index in [1.54, 1.807) is 6.08 Å². The van der Waals surface area contributed by atoms with Crippen LogP contribution in [0.3, 0.4) is 0 Å². The number of aliphatic carboxylic acids is 1. The molecule has 14 N–H and O–H groups in total. The number of hydrogen-bond acceptors (Lipinski definition) is 20. The van der Waals surface area contributed by atoms with Crippen LogP contribution in [0.4, 0.5) is 0 Å². The minimum Gasteiger partial charge on any atom is -0.477 e. The number of unbranched alkanes of at least 4 members (excludes halogenated alkanes) is 24. The van der Waals surface area contributed by atoms with Crippen LogP contribution < -0.4 is 10.6 Å². The van der Waals surface area contributed by atoms with Crippen LogP contribution in [-0.2, 0) is 42.8 Å². The van der Waals surface area contributed by atoms with Crippen LogP contribution in [0.1, 0.15) is 201 Å². The molecule has 0 aliphatic carbocycles. The van der Waals surface area contributed by atoms with E-state index in [1.807, 2.05) is 6.08 Å². The van der Waals surface area contributed by atoms with E-state index in [4.69, 9.17) is 28.4 Å². The quantitative estimate of drug-likeness (QED) is 0.0308. The molecule has 3 aliphatic rings. The first kappa shape index (κ1) is 72.7. The van der Waals surface area contributed by atoms with E-state index in [0.717, 1.165) is 51.9 Å². The zero-order chi connectivity index (χ0) is 59.7. The van der Waals surface area contributed by atoms with Gasteiger partial charge in [-0.25, -0.2) is 4.79 Å². The van der Waals surface area contributed by atoms with Gasteiger partial charge in [0.2, 0.25) is 11.8 Å². The zero-order valence-corrected chi connectivity index (χ0v) is 48.6. The molecule has 3 saturated heterocycles. The van der Waals surface area contributed by atoms with Gasteiger partial charge in [-0.05, 0) is 19.3 Å². The highest BCUT2D eigenvalue weighted by Gasteiger charge is 2.60. The largest absolute Gasteiger partial charge is 0.477 e. The monoisotopic (exact) mass is 1170 g/mol. The number of hydrogen-bond donors (Lipinski definition) is 14. The van der Waals surface area contributed by atoms with Gasteiger partial charge in [0.25, 0.3) is 5.79 Å². The van der Waals surface area contributed by atoms with Crippen LogP contribution in [0.15, 0.2) is 12.2 Å². The van der Waals surface area contributed by atoms with Gasteiger partial charge in [-0.2, -0.15) is 0 Å². The first-order valence-corrected chi connectivity index (χ1v) is 30.6. The van der Waals surface area contributed by atoms with E-state index in [0.29, 0.717) is 12.8 Å². The summed E-state index contributed by atoms with van der Waals surface area (Å²) in [6.45, 7) is 2.07. The molecule has 2 amide bonds. The number of ether oxygens (including phenoxy) is 6. The van der Waals surface area contributed by atoms with Crippen molar-refractivity contribution in [1.82, 2.24) is 10.6 Å². The summed E-state index contributed by atoms with van der Waals surface area (Å²) < 4.78 is 34.6. The second-order valence-corrected chi connectivity index (χ2v) is 22.6. The van der Waals surface area contributed by atoms with E-state index in [2.05, 4.69) is 24.5 Å². The number of carboxylic acid groups (broad SMARTS) is 1. The number of carboxylic acids is 1. The summed E-state index contributed by atoms with van der Waals surface area (Å²) in [5.41, 5.74) is 0. The van der Waals surface area contributed by atoms with E-state index in [-0.39, 0.29) is 12.3 Å². The second kappa shape index (κ2) is 40.7. The number of nitrogens with one attached hydrogen (secondary N) is 2. The Bertz CT molecular complexity index is 1720. The summed E-state index contributed by atoms with van der Waals surface area (Å²) in [6, 6.07) is -2.61. The molecule has 0 bridgehead atoms. The molecule has 0 saturated carbocycles. The number of carbonyl (C=O) groups is 3. The number of aliphatic hydroxyl groups excluding tert-OH is 11. The van der Waals surface area contributed by atoms with Gasteiger partial charge >= 0.3 is 5.97 Å². The molecule has 0 aromatic rings. The molecular weight excluding hydrogens is 1060 g/mol. The number of aliphatic hydroxyl groups is 11. The summed E-state index contributed by atoms with van der Waals surface area (Å²) >= 11 is 0. The van der Waals surface area contributed by atoms with Crippen LogP contribution in [0, 0.1) is 0 Å². The van der Waals surface area contributed by atoms with Crippen LogP contribution in [-0.4, -0.2) is 215 Å². The third kappa shape index (κ3) is 25.1. The normalized spacial score (nSPS) is 30.5. The molecule has 0 spiro atoms. The fraction of sp³-hybridized carbons (Fsp3) is 0.914. The van der Waals surface area contributed by atoms with Crippen molar-refractivity contribution in [2.75, 3.05) is 26.4 Å². The lowest BCUT2D eigenvalue weighted by molar-refractivity contribution is -0.386. The van der Waals surface area contributed by atoms with Gasteiger partial charge in [0.15, 0.2) is 12.6 Å². The third-order valence-corrected chi connectivity index (χ3v) is 15.7. The van der Waals surface area contributed by atoms with Gasteiger partial charge < -0.3 is 100 Å². The zero-order valence-electron chi connectivity index (χ0n) is 48.6. The van der Waals surface area contributed by atoms with Crippen molar-refractivity contribution in [3.8, 4) is 0 Å². The van der Waals surface area contributed by atoms with Crippen molar-refractivity contribution < 1.29 is 104 Å². The minimum absolute atomic E-state index is 0.202. The maximum absolute atomic E-state index is 13.3. The Labute approximate surface area is 480 Å². The standard InChI is InChI=1S/C58H106N2O21/c1-4-6-8-10-12-14-15-16-17-18-19-20-21-22-24-25-27-29-31-40(65)39(60-45(68)32-30-28-26-23-13-11-9-7-5-2)37-76-55-50(72)49(71)52(44(36-63)78-55)79-56-51(73)54(48(70)43(35-62)77-56)81-58(57(74)75)33-41(66)46(59-38(3)64)53(80-58)47(69)42(67)34-61/h29,31,39-44,46-56,61-63,65-67,69-73H,4-28,30,32-37H2,1-3H3,(H,59,64)(H,60,68)(H,74,75)/b31-29+. The van der Waals surface area contributed by atoms with Gasteiger partial charge in [-0.1, -0.05) is 174 Å². The lowest BCUT2D eigenvalue weighted by atomic mass is 9.88. The Morgan fingerprint density at radius 3 is 1.64 bits per heavy atom. The van der Waals surface area contributed by atoms with Crippen molar-refractivity contribution >= 4 is 17.8 Å². The van der Waals surface area contributed by atoms with Crippen molar-refractivity contribution in [2.45, 2.75) is 310 Å². The SMILES string of the molecule is CCCCCCCCCCCCCCCCCC/C=C/C(O)C(COC1OC(CO)C(OC2OC(CO)C(O)C(OC3(C(=O)O)CC(O)C(NC(C)=O)C(C(O)C(O)CO)O3)C2O)C(O)C1O)NC(=O)CCCCCCCCCCC. The topological polar surface area (TPSA) is 373 Å². The van der Waals surface area contributed by atoms with Gasteiger partial charge in [0, 0.05) is 19.8 Å². The molecule has 3 heterocycles. The van der Waals surface area contributed by atoms with Gasteiger partial charge in [-0.3, -0.25) is 9.59 Å². The molecule has 23 heteroatoms. The third-order valence-electron chi connectivity index (χ3n) is 15.7. The predicted octanol–water partition coefficient (Wildman–Crippen LogP) is 2.78. The van der Waals surface area contributed by atoms with E-state index in [9.17, 15) is 75.7 Å². The molecule has 0 aromatic carbocycles. The van der Waals surface area contributed by atoms with Gasteiger partial charge in [0.1, 0.15) is 67.1 Å². The molecule has 0 aromatic heterocycles. The van der Waals surface area contributed by atoms with E-state index >= 15 is 0 Å². The minimum atomic E-state index is -3.08. The highest BCUT2D eigenvalue weighted by atomic mass is 16.8. The highest BCUT2D eigenvalue weighted by molar-refractivity contribution is 5.77. The second-order valence-electron chi connectivity index (χ2n) is 22.6. The summed E-state index contributed by atoms with van der Waals surface area (Å²) in [6.07, 6.45) is 4.41. The molecule has 18 unspecified atom stereocenters. The van der Waals surface area contributed by atoms with Gasteiger partial charge in [-0.15, -0.1) is 0 Å². The van der Waals surface area contributed by atoms with Crippen LogP contribution in [0.2, 0.25) is 0 Å². The Balaban J connectivity index is 1.65. The van der Waals surface area contributed by atoms with E-state index in [1.165, 1.54) is 109 Å². The van der Waals surface area contributed by atoms with Crippen molar-refractivity contribution in [2.24, 2.45) is 0 Å². The summed E-state index contributed by atoms with van der Waals surface area (Å²) in [7, 11) is 0. The molecule has 81 heavy (non-hydrogen) atoms. The number of carbonyl (C=O) groups excluding carboxylic acids is 2. The van der Waals surface area contributed by atoms with Crippen molar-refractivity contribution in [3.63, 3.8) is 0 Å². The molecule has 3 fully saturated rings. The van der Waals surface area contributed by atoms with E-state index < -0.39 is 155 Å². The summed E-state index contributed by atoms with van der Waals surface area (Å²) in [4.78, 5) is 38.3. The maximum atomic E-state index is 13.3. The Kier molecular flexibility index (Phi) is 36.6. The predicted molar refractivity (Wildman–Crippen MR) is 297 cm³/mol. The van der Waals surface area contributed by atoms with Crippen LogP contribution >= 0.6 is 0 Å². The molecule has 474 valence electrons. The molecule has 3 rings (SSSR count). The number of amides is 2. The fourth-order valence-corrected chi connectivity index (χ4v) is 10.8. The Morgan fingerprint density at radius 1 is 0.642 bits per heavy atom. The lowest BCUT2D eigenvalue weighted by Crippen LogP contribution is -2.70. The number of rotatable bonds is 44. The van der Waals surface area contributed by atoms with Crippen LogP contribution in [0.5, 0.6) is 0 Å². The smallest absolute Gasteiger partial charge is 0.364 e.